The molecule has 0 saturated carbocycles. The monoisotopic (exact) mass is 647 g/mol. The Labute approximate surface area is 287 Å². The van der Waals surface area contributed by atoms with Gasteiger partial charge in [-0.15, -0.1) is 0 Å². The summed E-state index contributed by atoms with van der Waals surface area (Å²) in [6.07, 6.45) is 40.3. The highest BCUT2D eigenvalue weighted by Gasteiger charge is 2.14. The molecule has 0 fully saturated rings. The van der Waals surface area contributed by atoms with Crippen molar-refractivity contribution in [1.82, 2.24) is 0 Å². The molecule has 1 atom stereocenters. The van der Waals surface area contributed by atoms with Crippen LogP contribution in [0.5, 0.6) is 11.5 Å². The fourth-order valence-corrected chi connectivity index (χ4v) is 6.41. The summed E-state index contributed by atoms with van der Waals surface area (Å²) in [6.45, 7) is 5.26. The molecule has 0 amide bonds. The average Bonchev–Trinajstić information content (AvgIpc) is 3.07. The van der Waals surface area contributed by atoms with Crippen molar-refractivity contribution in [1.29, 1.82) is 0 Å². The minimum atomic E-state index is -0.276. The van der Waals surface area contributed by atoms with Crippen LogP contribution in [0, 0.1) is 0 Å². The van der Waals surface area contributed by atoms with Gasteiger partial charge in [-0.3, -0.25) is 0 Å². The maximum atomic E-state index is 9.84. The number of aliphatic hydroxyl groups is 1. The second kappa shape index (κ2) is 33.6. The fraction of sp³-hybridized carbons (Fsp3) is 0.857. The molecular formula is C42H78O4. The van der Waals surface area contributed by atoms with Crippen LogP contribution in [-0.2, 0) is 11.3 Å². The first-order valence-electron chi connectivity index (χ1n) is 20.3. The molecule has 1 aromatic rings. The lowest BCUT2D eigenvalue weighted by Crippen LogP contribution is -2.22. The van der Waals surface area contributed by atoms with E-state index >= 15 is 0 Å². The molecule has 0 aliphatic carbocycles. The maximum absolute atomic E-state index is 9.84. The van der Waals surface area contributed by atoms with Gasteiger partial charge >= 0.3 is 0 Å². The summed E-state index contributed by atoms with van der Waals surface area (Å²) >= 11 is 0. The fourth-order valence-electron chi connectivity index (χ4n) is 6.41. The minimum absolute atomic E-state index is 0.0521. The summed E-state index contributed by atoms with van der Waals surface area (Å²) in [6, 6.07) is 5.62. The van der Waals surface area contributed by atoms with Gasteiger partial charge in [0.2, 0.25) is 0 Å². The molecule has 0 radical (unpaired) electrons. The van der Waals surface area contributed by atoms with Gasteiger partial charge in [0.1, 0.15) is 11.5 Å². The summed E-state index contributed by atoms with van der Waals surface area (Å²) in [5.41, 5.74) is 0.778. The topological polar surface area (TPSA) is 47.9 Å². The third-order valence-electron chi connectivity index (χ3n) is 9.55. The SMILES string of the molecule is CCCCCCCCCCCCCCCCCCCCCCOC(CCCCCCCCCCC)Oc1cc(OC)ccc1CO. The van der Waals surface area contributed by atoms with E-state index in [4.69, 9.17) is 14.2 Å². The summed E-state index contributed by atoms with van der Waals surface area (Å²) in [5.74, 6) is 1.41. The smallest absolute Gasteiger partial charge is 0.199 e. The molecule has 0 spiro atoms. The summed E-state index contributed by atoms with van der Waals surface area (Å²) in [7, 11) is 1.66. The number of methoxy groups -OCH3 is 1. The zero-order chi connectivity index (χ0) is 33.2. The Balaban J connectivity index is 2.12. The third-order valence-corrected chi connectivity index (χ3v) is 9.55. The van der Waals surface area contributed by atoms with Gasteiger partial charge in [-0.2, -0.15) is 0 Å². The Morgan fingerprint density at radius 2 is 0.913 bits per heavy atom. The summed E-state index contributed by atoms with van der Waals surface area (Å²) < 4.78 is 18.0. The minimum Gasteiger partial charge on any atom is -0.497 e. The van der Waals surface area contributed by atoms with Gasteiger partial charge < -0.3 is 19.3 Å². The molecular weight excluding hydrogens is 568 g/mol. The molecule has 4 nitrogen and oxygen atoms in total. The van der Waals surface area contributed by atoms with Crippen LogP contribution >= 0.6 is 0 Å². The molecule has 1 unspecified atom stereocenters. The van der Waals surface area contributed by atoms with Gasteiger partial charge in [0.05, 0.1) is 20.3 Å². The third kappa shape index (κ3) is 25.8. The quantitative estimate of drug-likeness (QED) is 0.0582. The van der Waals surface area contributed by atoms with Crippen molar-refractivity contribution in [3.63, 3.8) is 0 Å². The number of hydrogen-bond acceptors (Lipinski definition) is 4. The number of unbranched alkanes of at least 4 members (excludes halogenated alkanes) is 27. The van der Waals surface area contributed by atoms with E-state index in [0.717, 1.165) is 37.2 Å². The lowest BCUT2D eigenvalue weighted by molar-refractivity contribution is -0.0873. The van der Waals surface area contributed by atoms with Crippen molar-refractivity contribution >= 4 is 0 Å². The predicted molar refractivity (Wildman–Crippen MR) is 199 cm³/mol. The Bertz CT molecular complexity index is 751. The lowest BCUT2D eigenvalue weighted by Gasteiger charge is -2.21. The molecule has 46 heavy (non-hydrogen) atoms. The van der Waals surface area contributed by atoms with Gasteiger partial charge in [0.25, 0.3) is 0 Å². The first kappa shape index (κ1) is 42.8. The molecule has 1 N–H and O–H groups in total. The van der Waals surface area contributed by atoms with E-state index in [1.165, 1.54) is 173 Å². The van der Waals surface area contributed by atoms with Gasteiger partial charge in [-0.05, 0) is 25.0 Å². The van der Waals surface area contributed by atoms with Crippen LogP contribution in [0.4, 0.5) is 0 Å². The van der Waals surface area contributed by atoms with E-state index in [2.05, 4.69) is 13.8 Å². The molecule has 1 aromatic carbocycles. The molecule has 0 bridgehead atoms. The lowest BCUT2D eigenvalue weighted by atomic mass is 10.0. The van der Waals surface area contributed by atoms with E-state index in [1.807, 2.05) is 18.2 Å². The van der Waals surface area contributed by atoms with E-state index in [-0.39, 0.29) is 12.9 Å². The Morgan fingerprint density at radius 1 is 0.522 bits per heavy atom. The van der Waals surface area contributed by atoms with E-state index in [9.17, 15) is 5.11 Å². The van der Waals surface area contributed by atoms with Crippen LogP contribution in [0.25, 0.3) is 0 Å². The highest BCUT2D eigenvalue weighted by Crippen LogP contribution is 2.27. The van der Waals surface area contributed by atoms with Crippen molar-refractivity contribution in [2.45, 2.75) is 219 Å². The van der Waals surface area contributed by atoms with Crippen LogP contribution in [0.15, 0.2) is 18.2 Å². The highest BCUT2D eigenvalue weighted by atomic mass is 16.7. The summed E-state index contributed by atoms with van der Waals surface area (Å²) in [4.78, 5) is 0. The first-order chi connectivity index (χ1) is 22.7. The molecule has 0 heterocycles. The molecule has 1 rings (SSSR count). The van der Waals surface area contributed by atoms with E-state index in [1.54, 1.807) is 7.11 Å². The molecule has 0 aromatic heterocycles. The number of aliphatic hydroxyl groups excluding tert-OH is 1. The van der Waals surface area contributed by atoms with E-state index in [0.29, 0.717) is 5.75 Å². The van der Waals surface area contributed by atoms with Crippen molar-refractivity contribution in [3.05, 3.63) is 23.8 Å². The second-order valence-electron chi connectivity index (χ2n) is 13.9. The molecule has 4 heteroatoms. The molecule has 0 aliphatic rings. The van der Waals surface area contributed by atoms with Gasteiger partial charge in [-0.25, -0.2) is 0 Å². The highest BCUT2D eigenvalue weighted by molar-refractivity contribution is 5.40. The zero-order valence-electron chi connectivity index (χ0n) is 31.1. The molecule has 0 saturated heterocycles. The van der Waals surface area contributed by atoms with Crippen LogP contribution in [0.1, 0.15) is 212 Å². The normalized spacial score (nSPS) is 12.1. The van der Waals surface area contributed by atoms with Crippen LogP contribution in [0.2, 0.25) is 0 Å². The molecule has 0 aliphatic heterocycles. The van der Waals surface area contributed by atoms with Gasteiger partial charge in [0, 0.05) is 18.1 Å². The average molecular weight is 647 g/mol. The largest absolute Gasteiger partial charge is 0.497 e. The predicted octanol–water partition coefficient (Wildman–Crippen LogP) is 13.7. The van der Waals surface area contributed by atoms with Crippen LogP contribution in [-0.4, -0.2) is 25.1 Å². The Kier molecular flexibility index (Phi) is 31.3. The maximum Gasteiger partial charge on any atom is 0.199 e. The number of ether oxygens (including phenoxy) is 3. The van der Waals surface area contributed by atoms with Crippen LogP contribution in [0.3, 0.4) is 0 Å². The van der Waals surface area contributed by atoms with E-state index < -0.39 is 0 Å². The second-order valence-corrected chi connectivity index (χ2v) is 13.9. The van der Waals surface area contributed by atoms with Gasteiger partial charge in [0.15, 0.2) is 6.29 Å². The van der Waals surface area contributed by atoms with Gasteiger partial charge in [-0.1, -0.05) is 187 Å². The Hall–Kier alpha value is -1.26. The van der Waals surface area contributed by atoms with Crippen LogP contribution < -0.4 is 9.47 Å². The number of benzene rings is 1. The van der Waals surface area contributed by atoms with Crippen molar-refractivity contribution < 1.29 is 19.3 Å². The Morgan fingerprint density at radius 3 is 1.30 bits per heavy atom. The van der Waals surface area contributed by atoms with Crippen molar-refractivity contribution in [2.24, 2.45) is 0 Å². The summed E-state index contributed by atoms with van der Waals surface area (Å²) in [5, 5.41) is 9.84. The number of rotatable bonds is 36. The molecule has 270 valence electrons. The number of hydrogen-bond donors (Lipinski definition) is 1. The standard InChI is InChI=1S/C42H78O4/c1-4-6-8-10-12-14-15-16-17-18-19-20-21-22-23-24-26-28-30-32-36-45-42(33-31-29-27-25-13-11-9-7-5-2)46-41-37-40(44-3)35-34-39(41)38-43/h34-35,37,42-43H,4-33,36,38H2,1-3H3. The zero-order valence-corrected chi connectivity index (χ0v) is 31.1. The van der Waals surface area contributed by atoms with Crippen molar-refractivity contribution in [3.8, 4) is 11.5 Å². The first-order valence-corrected chi connectivity index (χ1v) is 20.3. The van der Waals surface area contributed by atoms with Crippen molar-refractivity contribution in [2.75, 3.05) is 13.7 Å².